The van der Waals surface area contributed by atoms with E-state index in [-0.39, 0.29) is 11.7 Å². The molecule has 0 fully saturated rings. The topological polar surface area (TPSA) is 58.2 Å². The molecule has 0 aliphatic carbocycles. The van der Waals surface area contributed by atoms with Crippen LogP contribution in [0.3, 0.4) is 0 Å². The summed E-state index contributed by atoms with van der Waals surface area (Å²) in [5.74, 6) is -0.0973. The zero-order valence-corrected chi connectivity index (χ0v) is 14.8. The Morgan fingerprint density at radius 1 is 1.12 bits per heavy atom. The van der Waals surface area contributed by atoms with Crippen molar-refractivity contribution in [2.24, 2.45) is 0 Å². The van der Waals surface area contributed by atoms with Crippen LogP contribution in [0.4, 0.5) is 11.4 Å². The number of nitrogens with one attached hydrogen (secondary N) is 2. The third kappa shape index (κ3) is 4.83. The van der Waals surface area contributed by atoms with Crippen molar-refractivity contribution < 1.29 is 9.59 Å². The van der Waals surface area contributed by atoms with Gasteiger partial charge in [-0.1, -0.05) is 29.8 Å². The Morgan fingerprint density at radius 2 is 1.88 bits per heavy atom. The molecule has 0 saturated carbocycles. The molecule has 24 heavy (non-hydrogen) atoms. The largest absolute Gasteiger partial charge is 0.385 e. The Labute approximate surface area is 147 Å². The van der Waals surface area contributed by atoms with Crippen molar-refractivity contribution >= 4 is 34.7 Å². The molecule has 1 amide bonds. The van der Waals surface area contributed by atoms with Gasteiger partial charge in [0.25, 0.3) is 0 Å². The number of rotatable bonds is 6. The predicted octanol–water partition coefficient (Wildman–Crippen LogP) is 4.60. The zero-order valence-electron chi connectivity index (χ0n) is 14.1. The number of hydrogen-bond acceptors (Lipinski definition) is 3. The van der Waals surface area contributed by atoms with Crippen molar-refractivity contribution in [3.63, 3.8) is 0 Å². The van der Waals surface area contributed by atoms with Crippen LogP contribution in [0.1, 0.15) is 34.8 Å². The van der Waals surface area contributed by atoms with E-state index in [1.807, 2.05) is 38.1 Å². The van der Waals surface area contributed by atoms with Gasteiger partial charge in [-0.3, -0.25) is 9.59 Å². The van der Waals surface area contributed by atoms with Crippen LogP contribution in [0.2, 0.25) is 5.02 Å². The van der Waals surface area contributed by atoms with Crippen LogP contribution in [-0.2, 0) is 4.79 Å². The molecule has 0 radical (unpaired) electrons. The molecule has 4 nitrogen and oxygen atoms in total. The average molecular weight is 345 g/mol. The fraction of sp³-hybridized carbons (Fsp3) is 0.263. The van der Waals surface area contributed by atoms with E-state index in [0.717, 1.165) is 16.8 Å². The molecule has 0 atom stereocenters. The number of halogens is 1. The molecule has 0 bridgehead atoms. The highest BCUT2D eigenvalue weighted by Gasteiger charge is 2.09. The highest BCUT2D eigenvalue weighted by Crippen LogP contribution is 2.27. The molecule has 0 aliphatic rings. The minimum Gasteiger partial charge on any atom is -0.385 e. The maximum Gasteiger partial charge on any atom is 0.226 e. The van der Waals surface area contributed by atoms with Gasteiger partial charge in [0, 0.05) is 24.2 Å². The SMILES string of the molecule is CC(=O)c1cccc(NCCC(=O)Nc2c(C)cc(C)cc2Cl)c1. The van der Waals surface area contributed by atoms with Gasteiger partial charge in [-0.25, -0.2) is 0 Å². The lowest BCUT2D eigenvalue weighted by atomic mass is 10.1. The van der Waals surface area contributed by atoms with E-state index in [4.69, 9.17) is 11.6 Å². The lowest BCUT2D eigenvalue weighted by molar-refractivity contribution is -0.115. The van der Waals surface area contributed by atoms with Gasteiger partial charge in [0.15, 0.2) is 5.78 Å². The Morgan fingerprint density at radius 3 is 2.54 bits per heavy atom. The number of ketones is 1. The van der Waals surface area contributed by atoms with Gasteiger partial charge in [0.2, 0.25) is 5.91 Å². The van der Waals surface area contributed by atoms with Crippen LogP contribution in [0.15, 0.2) is 36.4 Å². The van der Waals surface area contributed by atoms with Crippen LogP contribution in [0, 0.1) is 13.8 Å². The van der Waals surface area contributed by atoms with Gasteiger partial charge < -0.3 is 10.6 Å². The van der Waals surface area contributed by atoms with Gasteiger partial charge in [-0.2, -0.15) is 0 Å². The summed E-state index contributed by atoms with van der Waals surface area (Å²) in [5.41, 5.74) is 4.12. The van der Waals surface area contributed by atoms with Crippen molar-refractivity contribution in [2.45, 2.75) is 27.2 Å². The second kappa shape index (κ2) is 7.97. The maximum absolute atomic E-state index is 12.1. The van der Waals surface area contributed by atoms with Gasteiger partial charge in [-0.15, -0.1) is 0 Å². The predicted molar refractivity (Wildman–Crippen MR) is 99.1 cm³/mol. The molecule has 2 aromatic rings. The molecule has 0 aliphatic heterocycles. The molecule has 2 N–H and O–H groups in total. The molecule has 2 aromatic carbocycles. The number of carbonyl (C=O) groups is 2. The first kappa shape index (κ1) is 18.0. The summed E-state index contributed by atoms with van der Waals surface area (Å²) < 4.78 is 0. The van der Waals surface area contributed by atoms with Crippen molar-refractivity contribution in [3.05, 3.63) is 58.1 Å². The van der Waals surface area contributed by atoms with E-state index in [2.05, 4.69) is 10.6 Å². The monoisotopic (exact) mass is 344 g/mol. The van der Waals surface area contributed by atoms with Gasteiger partial charge in [0.1, 0.15) is 0 Å². The fourth-order valence-corrected chi connectivity index (χ4v) is 2.81. The second-order valence-electron chi connectivity index (χ2n) is 5.80. The van der Waals surface area contributed by atoms with E-state index in [0.29, 0.717) is 29.2 Å². The molecule has 126 valence electrons. The summed E-state index contributed by atoms with van der Waals surface area (Å²) in [6.45, 7) is 5.87. The molecule has 5 heteroatoms. The first-order valence-corrected chi connectivity index (χ1v) is 8.16. The number of Topliss-reactive ketones (excluding diaryl/α,β-unsaturated/α-hetero) is 1. The van der Waals surface area contributed by atoms with Crippen LogP contribution in [-0.4, -0.2) is 18.2 Å². The Hall–Kier alpha value is -2.33. The summed E-state index contributed by atoms with van der Waals surface area (Å²) in [4.78, 5) is 23.5. The first-order chi connectivity index (χ1) is 11.4. The third-order valence-electron chi connectivity index (χ3n) is 3.65. The number of anilines is 2. The number of hydrogen-bond donors (Lipinski definition) is 2. The maximum atomic E-state index is 12.1. The van der Waals surface area contributed by atoms with Gasteiger partial charge in [-0.05, 0) is 50.1 Å². The average Bonchev–Trinajstić information content (AvgIpc) is 2.51. The Bertz CT molecular complexity index is 749. The van der Waals surface area contributed by atoms with Crippen LogP contribution >= 0.6 is 11.6 Å². The second-order valence-corrected chi connectivity index (χ2v) is 6.21. The van der Waals surface area contributed by atoms with Gasteiger partial charge >= 0.3 is 0 Å². The quantitative estimate of drug-likeness (QED) is 0.753. The molecule has 0 spiro atoms. The standard InChI is InChI=1S/C19H21ClN2O2/c1-12-9-13(2)19(17(20)10-12)22-18(24)7-8-21-16-6-4-5-15(11-16)14(3)23/h4-6,9-11,21H,7-8H2,1-3H3,(H,22,24). The third-order valence-corrected chi connectivity index (χ3v) is 3.94. The number of carbonyl (C=O) groups excluding carboxylic acids is 2. The fourth-order valence-electron chi connectivity index (χ4n) is 2.44. The highest BCUT2D eigenvalue weighted by atomic mass is 35.5. The van der Waals surface area contributed by atoms with Crippen molar-refractivity contribution in [1.29, 1.82) is 0 Å². The lowest BCUT2D eigenvalue weighted by Gasteiger charge is -2.12. The van der Waals surface area contributed by atoms with E-state index in [9.17, 15) is 9.59 Å². The summed E-state index contributed by atoms with van der Waals surface area (Å²) in [7, 11) is 0. The number of aryl methyl sites for hydroxylation is 2. The molecule has 0 aromatic heterocycles. The summed E-state index contributed by atoms with van der Waals surface area (Å²) in [6.07, 6.45) is 0.300. The van der Waals surface area contributed by atoms with E-state index in [1.165, 1.54) is 6.92 Å². The Balaban J connectivity index is 1.90. The van der Waals surface area contributed by atoms with Gasteiger partial charge in [0.05, 0.1) is 10.7 Å². The molecular formula is C19H21ClN2O2. The number of benzene rings is 2. The number of amides is 1. The Kier molecular flexibility index (Phi) is 5.99. The molecule has 0 unspecified atom stereocenters. The molecule has 2 rings (SSSR count). The summed E-state index contributed by atoms with van der Waals surface area (Å²) in [5, 5.41) is 6.55. The summed E-state index contributed by atoms with van der Waals surface area (Å²) >= 11 is 6.19. The van der Waals surface area contributed by atoms with Crippen molar-refractivity contribution in [1.82, 2.24) is 0 Å². The normalized spacial score (nSPS) is 10.3. The highest BCUT2D eigenvalue weighted by molar-refractivity contribution is 6.34. The zero-order chi connectivity index (χ0) is 17.7. The summed E-state index contributed by atoms with van der Waals surface area (Å²) in [6, 6.07) is 11.0. The molecule has 0 heterocycles. The van der Waals surface area contributed by atoms with Crippen LogP contribution < -0.4 is 10.6 Å². The van der Waals surface area contributed by atoms with Crippen LogP contribution in [0.25, 0.3) is 0 Å². The minimum absolute atomic E-state index is 0.0147. The van der Waals surface area contributed by atoms with Crippen molar-refractivity contribution in [3.8, 4) is 0 Å². The molecule has 0 saturated heterocycles. The van der Waals surface area contributed by atoms with Crippen molar-refractivity contribution in [2.75, 3.05) is 17.2 Å². The van der Waals surface area contributed by atoms with E-state index >= 15 is 0 Å². The minimum atomic E-state index is -0.112. The molecular weight excluding hydrogens is 324 g/mol. The lowest BCUT2D eigenvalue weighted by Crippen LogP contribution is -2.17. The first-order valence-electron chi connectivity index (χ1n) is 7.78. The van der Waals surface area contributed by atoms with Crippen LogP contribution in [0.5, 0.6) is 0 Å². The van der Waals surface area contributed by atoms with E-state index in [1.54, 1.807) is 12.1 Å². The van der Waals surface area contributed by atoms with E-state index < -0.39 is 0 Å². The smallest absolute Gasteiger partial charge is 0.226 e.